The fourth-order valence-electron chi connectivity index (χ4n) is 2.03. The predicted octanol–water partition coefficient (Wildman–Crippen LogP) is 2.63. The van der Waals surface area contributed by atoms with Gasteiger partial charge < -0.3 is 0 Å². The molecule has 1 saturated carbocycles. The molecule has 12 heavy (non-hydrogen) atoms. The molecule has 0 spiro atoms. The summed E-state index contributed by atoms with van der Waals surface area (Å²) in [6.45, 7) is 2.05. The zero-order chi connectivity index (χ0) is 8.55. The maximum atomic E-state index is 11.4. The quantitative estimate of drug-likeness (QED) is 0.535. The van der Waals surface area contributed by atoms with Gasteiger partial charge in [-0.15, -0.1) is 0 Å². The molecule has 1 nitrogen and oxygen atoms in total. The fraction of sp³-hybridized carbons (Fsp3) is 0.545. The highest BCUT2D eigenvalue weighted by Gasteiger charge is 2.22. The van der Waals surface area contributed by atoms with Crippen molar-refractivity contribution in [2.45, 2.75) is 32.6 Å². The van der Waals surface area contributed by atoms with E-state index in [0.717, 1.165) is 25.7 Å². The van der Waals surface area contributed by atoms with E-state index in [0.29, 0.717) is 5.78 Å². The van der Waals surface area contributed by atoms with Crippen LogP contribution >= 0.6 is 0 Å². The van der Waals surface area contributed by atoms with Gasteiger partial charge in [-0.25, -0.2) is 0 Å². The number of hydrogen-bond donors (Lipinski definition) is 0. The number of rotatable bonds is 0. The second-order valence-corrected chi connectivity index (χ2v) is 3.77. The molecule has 1 heteroatoms. The number of carbonyl (C=O) groups is 1. The van der Waals surface area contributed by atoms with Crippen LogP contribution in [-0.2, 0) is 4.79 Å². The first-order valence-electron chi connectivity index (χ1n) is 4.68. The minimum absolute atomic E-state index is 0.250. The second kappa shape index (κ2) is 2.89. The van der Waals surface area contributed by atoms with Gasteiger partial charge in [-0.3, -0.25) is 4.79 Å². The first-order valence-corrected chi connectivity index (χ1v) is 4.68. The average Bonchev–Trinajstić information content (AvgIpc) is 2.43. The number of hydrogen-bond acceptors (Lipinski definition) is 1. The minimum atomic E-state index is 0.250. The molecule has 0 aromatic heterocycles. The van der Waals surface area contributed by atoms with Gasteiger partial charge in [-0.1, -0.05) is 19.1 Å². The first kappa shape index (κ1) is 7.78. The normalized spacial score (nSPS) is 29.1. The van der Waals surface area contributed by atoms with Crippen LogP contribution in [0.25, 0.3) is 0 Å². The molecular weight excluding hydrogens is 148 g/mol. The Balaban J connectivity index is 2.22. The highest BCUT2D eigenvalue weighted by Crippen LogP contribution is 2.33. The van der Waals surface area contributed by atoms with Crippen LogP contribution in [0.3, 0.4) is 0 Å². The Morgan fingerprint density at radius 2 is 2.00 bits per heavy atom. The Labute approximate surface area is 73.2 Å². The van der Waals surface area contributed by atoms with Gasteiger partial charge in [0.05, 0.1) is 0 Å². The second-order valence-electron chi connectivity index (χ2n) is 3.77. The highest BCUT2D eigenvalue weighted by atomic mass is 16.1. The smallest absolute Gasteiger partial charge is 0.136 e. The van der Waals surface area contributed by atoms with E-state index in [1.807, 2.05) is 6.92 Å². The van der Waals surface area contributed by atoms with Gasteiger partial charge in [-0.05, 0) is 30.4 Å². The summed E-state index contributed by atoms with van der Waals surface area (Å²) in [5, 5.41) is 0. The zero-order valence-corrected chi connectivity index (χ0v) is 7.47. The summed E-state index contributed by atoms with van der Waals surface area (Å²) in [5.41, 5.74) is 2.88. The summed E-state index contributed by atoms with van der Waals surface area (Å²) in [7, 11) is 0. The summed E-state index contributed by atoms with van der Waals surface area (Å²) < 4.78 is 0. The van der Waals surface area contributed by atoms with Crippen molar-refractivity contribution in [3.63, 3.8) is 0 Å². The lowest BCUT2D eigenvalue weighted by Crippen LogP contribution is -2.07. The van der Waals surface area contributed by atoms with E-state index in [9.17, 15) is 4.79 Å². The third-order valence-electron chi connectivity index (χ3n) is 2.86. The molecule has 0 amide bonds. The van der Waals surface area contributed by atoms with E-state index in [1.165, 1.54) is 11.1 Å². The van der Waals surface area contributed by atoms with Crippen LogP contribution in [0.2, 0.25) is 0 Å². The molecule has 0 bridgehead atoms. The van der Waals surface area contributed by atoms with Crippen molar-refractivity contribution in [2.75, 3.05) is 0 Å². The van der Waals surface area contributed by atoms with Gasteiger partial charge >= 0.3 is 0 Å². The molecule has 0 heterocycles. The SMILES string of the molecule is CC1CC2=CCC=C2CCC1=O. The van der Waals surface area contributed by atoms with Crippen molar-refractivity contribution >= 4 is 5.78 Å². The van der Waals surface area contributed by atoms with Crippen LogP contribution in [0.15, 0.2) is 23.3 Å². The van der Waals surface area contributed by atoms with Gasteiger partial charge in [0.25, 0.3) is 0 Å². The third kappa shape index (κ3) is 1.24. The topological polar surface area (TPSA) is 17.1 Å². The molecule has 2 aliphatic rings. The van der Waals surface area contributed by atoms with Crippen molar-refractivity contribution in [3.8, 4) is 0 Å². The lowest BCUT2D eigenvalue weighted by molar-refractivity contribution is -0.122. The molecule has 0 aromatic rings. The molecule has 1 fully saturated rings. The first-order chi connectivity index (χ1) is 5.77. The molecule has 0 aliphatic heterocycles. The van der Waals surface area contributed by atoms with E-state index in [-0.39, 0.29) is 5.92 Å². The number of allylic oxidation sites excluding steroid dienone is 4. The molecule has 64 valence electrons. The largest absolute Gasteiger partial charge is 0.299 e. The van der Waals surface area contributed by atoms with Gasteiger partial charge in [0, 0.05) is 12.3 Å². The van der Waals surface area contributed by atoms with Crippen LogP contribution < -0.4 is 0 Å². The van der Waals surface area contributed by atoms with E-state index >= 15 is 0 Å². The zero-order valence-electron chi connectivity index (χ0n) is 7.47. The average molecular weight is 162 g/mol. The summed E-state index contributed by atoms with van der Waals surface area (Å²) in [6.07, 6.45) is 8.33. The fourth-order valence-corrected chi connectivity index (χ4v) is 2.03. The third-order valence-corrected chi connectivity index (χ3v) is 2.86. The van der Waals surface area contributed by atoms with E-state index < -0.39 is 0 Å². The van der Waals surface area contributed by atoms with Crippen molar-refractivity contribution in [1.82, 2.24) is 0 Å². The molecule has 2 rings (SSSR count). The molecule has 2 aliphatic carbocycles. The predicted molar refractivity (Wildman–Crippen MR) is 48.8 cm³/mol. The van der Waals surface area contributed by atoms with Crippen LogP contribution in [0, 0.1) is 5.92 Å². The lowest BCUT2D eigenvalue weighted by Gasteiger charge is -2.05. The molecule has 1 unspecified atom stereocenters. The standard InChI is InChI=1S/C11H14O/c1-8-7-10-4-2-3-9(10)5-6-11(8)12/h3-4,8H,2,5-7H2,1H3. The lowest BCUT2D eigenvalue weighted by atomic mass is 9.99. The van der Waals surface area contributed by atoms with Crippen molar-refractivity contribution in [2.24, 2.45) is 5.92 Å². The summed E-state index contributed by atoms with van der Waals surface area (Å²) in [4.78, 5) is 11.4. The maximum Gasteiger partial charge on any atom is 0.136 e. The highest BCUT2D eigenvalue weighted by molar-refractivity contribution is 5.82. The molecule has 1 atom stereocenters. The van der Waals surface area contributed by atoms with E-state index in [4.69, 9.17) is 0 Å². The monoisotopic (exact) mass is 162 g/mol. The maximum absolute atomic E-state index is 11.4. The van der Waals surface area contributed by atoms with Crippen molar-refractivity contribution in [1.29, 1.82) is 0 Å². The molecule has 0 radical (unpaired) electrons. The van der Waals surface area contributed by atoms with E-state index in [1.54, 1.807) is 0 Å². The Morgan fingerprint density at radius 3 is 2.83 bits per heavy atom. The Morgan fingerprint density at radius 1 is 1.25 bits per heavy atom. The van der Waals surface area contributed by atoms with Crippen molar-refractivity contribution in [3.05, 3.63) is 23.3 Å². The Hall–Kier alpha value is -0.850. The Kier molecular flexibility index (Phi) is 1.87. The van der Waals surface area contributed by atoms with Gasteiger partial charge in [0.1, 0.15) is 5.78 Å². The molecular formula is C11H14O. The van der Waals surface area contributed by atoms with Crippen molar-refractivity contribution < 1.29 is 4.79 Å². The van der Waals surface area contributed by atoms with Gasteiger partial charge in [0.15, 0.2) is 0 Å². The number of carbonyl (C=O) groups excluding carboxylic acids is 1. The number of ketones is 1. The number of Topliss-reactive ketones (excluding diaryl/α,β-unsaturated/α-hetero) is 1. The molecule has 0 N–H and O–H groups in total. The van der Waals surface area contributed by atoms with Gasteiger partial charge in [0.2, 0.25) is 0 Å². The van der Waals surface area contributed by atoms with Crippen LogP contribution in [-0.4, -0.2) is 5.78 Å². The molecule has 0 aromatic carbocycles. The summed E-state index contributed by atoms with van der Waals surface area (Å²) in [5.74, 6) is 0.687. The Bertz CT molecular complexity index is 271. The molecule has 0 saturated heterocycles. The minimum Gasteiger partial charge on any atom is -0.299 e. The van der Waals surface area contributed by atoms with Crippen LogP contribution in [0.5, 0.6) is 0 Å². The summed E-state index contributed by atoms with van der Waals surface area (Å²) >= 11 is 0. The van der Waals surface area contributed by atoms with Crippen LogP contribution in [0.1, 0.15) is 32.6 Å². The summed E-state index contributed by atoms with van der Waals surface area (Å²) in [6, 6.07) is 0. The van der Waals surface area contributed by atoms with Gasteiger partial charge in [-0.2, -0.15) is 0 Å². The number of fused-ring (bicyclic) bond motifs is 1. The van der Waals surface area contributed by atoms with Crippen LogP contribution in [0.4, 0.5) is 0 Å². The van der Waals surface area contributed by atoms with E-state index in [2.05, 4.69) is 12.2 Å².